The van der Waals surface area contributed by atoms with Gasteiger partial charge in [-0.15, -0.1) is 0 Å². The molecule has 0 aliphatic carbocycles. The highest BCUT2D eigenvalue weighted by molar-refractivity contribution is 5.95. The van der Waals surface area contributed by atoms with Crippen LogP contribution in [0, 0.1) is 5.82 Å². The van der Waals surface area contributed by atoms with Crippen LogP contribution in [-0.4, -0.2) is 20.9 Å². The first-order valence-electron chi connectivity index (χ1n) is 9.64. The second kappa shape index (κ2) is 9.13. The number of amides is 1. The third-order valence-corrected chi connectivity index (χ3v) is 4.71. The second-order valence-electron chi connectivity index (χ2n) is 6.88. The number of ether oxygens (including phenoxy) is 1. The van der Waals surface area contributed by atoms with Crippen LogP contribution in [0.5, 0.6) is 11.5 Å². The Morgan fingerprint density at radius 1 is 0.935 bits per heavy atom. The van der Waals surface area contributed by atoms with Gasteiger partial charge in [-0.05, 0) is 54.4 Å². The summed E-state index contributed by atoms with van der Waals surface area (Å²) in [7, 11) is 0. The maximum Gasteiger partial charge on any atom is 0.254 e. The first kappa shape index (κ1) is 20.2. The zero-order chi connectivity index (χ0) is 21.6. The van der Waals surface area contributed by atoms with Crippen LogP contribution >= 0.6 is 0 Å². The van der Waals surface area contributed by atoms with Crippen molar-refractivity contribution in [2.24, 2.45) is 0 Å². The van der Waals surface area contributed by atoms with E-state index in [0.29, 0.717) is 22.6 Å². The van der Waals surface area contributed by atoms with E-state index in [9.17, 15) is 9.18 Å². The number of carbonyl (C=O) groups is 1. The van der Waals surface area contributed by atoms with Crippen LogP contribution in [0.2, 0.25) is 0 Å². The largest absolute Gasteiger partial charge is 0.456 e. The number of hydrogen-bond acceptors (Lipinski definition) is 5. The molecule has 4 aromatic rings. The summed E-state index contributed by atoms with van der Waals surface area (Å²) in [6.07, 6.45) is 7.88. The van der Waals surface area contributed by atoms with Crippen molar-refractivity contribution in [3.63, 3.8) is 0 Å². The van der Waals surface area contributed by atoms with E-state index in [1.807, 2.05) is 37.3 Å². The minimum absolute atomic E-state index is 0.0241. The maximum atomic E-state index is 14.6. The van der Waals surface area contributed by atoms with Crippen LogP contribution < -0.4 is 10.1 Å². The second-order valence-corrected chi connectivity index (χ2v) is 6.88. The Kier molecular flexibility index (Phi) is 5.93. The van der Waals surface area contributed by atoms with Gasteiger partial charge in [0.05, 0.1) is 17.8 Å². The molecule has 4 rings (SSSR count). The molecule has 0 aliphatic rings. The third kappa shape index (κ3) is 4.90. The number of aromatic nitrogens is 3. The van der Waals surface area contributed by atoms with Gasteiger partial charge < -0.3 is 10.1 Å². The molecule has 2 heterocycles. The molecule has 7 heteroatoms. The van der Waals surface area contributed by atoms with Gasteiger partial charge in [-0.2, -0.15) is 0 Å². The van der Waals surface area contributed by atoms with Crippen LogP contribution in [0.1, 0.15) is 28.9 Å². The smallest absolute Gasteiger partial charge is 0.254 e. The van der Waals surface area contributed by atoms with Gasteiger partial charge in [-0.25, -0.2) is 14.4 Å². The van der Waals surface area contributed by atoms with Crippen molar-refractivity contribution >= 4 is 5.91 Å². The third-order valence-electron chi connectivity index (χ3n) is 4.71. The summed E-state index contributed by atoms with van der Waals surface area (Å²) in [5, 5.41) is 2.83. The summed E-state index contributed by atoms with van der Waals surface area (Å²) < 4.78 is 20.3. The maximum absolute atomic E-state index is 14.6. The molecule has 2 aromatic carbocycles. The molecule has 6 nitrogen and oxygen atoms in total. The lowest BCUT2D eigenvalue weighted by molar-refractivity contribution is 0.0936. The zero-order valence-electron chi connectivity index (χ0n) is 16.7. The van der Waals surface area contributed by atoms with Crippen LogP contribution in [0.15, 0.2) is 85.7 Å². The van der Waals surface area contributed by atoms with E-state index in [2.05, 4.69) is 20.3 Å². The Morgan fingerprint density at radius 2 is 1.71 bits per heavy atom. The SMILES string of the molecule is CC(NC(=O)c1ccc(-c2cncnc2)cc1F)c1ccc(Oc2cccnc2)cc1. The molecule has 1 unspecified atom stereocenters. The Labute approximate surface area is 178 Å². The molecule has 2 aromatic heterocycles. The first-order valence-corrected chi connectivity index (χ1v) is 9.64. The number of carbonyl (C=O) groups excluding carboxylic acids is 1. The van der Waals surface area contributed by atoms with Crippen molar-refractivity contribution in [2.45, 2.75) is 13.0 Å². The average Bonchev–Trinajstić information content (AvgIpc) is 2.80. The predicted molar refractivity (Wildman–Crippen MR) is 114 cm³/mol. The van der Waals surface area contributed by atoms with Crippen LogP contribution in [0.4, 0.5) is 4.39 Å². The van der Waals surface area contributed by atoms with Crippen molar-refractivity contribution < 1.29 is 13.9 Å². The van der Waals surface area contributed by atoms with Gasteiger partial charge >= 0.3 is 0 Å². The highest BCUT2D eigenvalue weighted by atomic mass is 19.1. The number of benzene rings is 2. The summed E-state index contributed by atoms with van der Waals surface area (Å²) in [4.78, 5) is 24.5. The number of hydrogen-bond donors (Lipinski definition) is 1. The molecule has 0 fully saturated rings. The van der Waals surface area contributed by atoms with Gasteiger partial charge in [0.1, 0.15) is 23.6 Å². The highest BCUT2D eigenvalue weighted by Gasteiger charge is 2.16. The summed E-state index contributed by atoms with van der Waals surface area (Å²) >= 11 is 0. The van der Waals surface area contributed by atoms with Crippen molar-refractivity contribution in [3.05, 3.63) is 103 Å². The molecular formula is C24H19FN4O2. The highest BCUT2D eigenvalue weighted by Crippen LogP contribution is 2.24. The topological polar surface area (TPSA) is 77.0 Å². The molecule has 0 saturated heterocycles. The molecule has 1 N–H and O–H groups in total. The molecule has 31 heavy (non-hydrogen) atoms. The molecular weight excluding hydrogens is 395 g/mol. The Bertz CT molecular complexity index is 1170. The first-order chi connectivity index (χ1) is 15.1. The monoisotopic (exact) mass is 414 g/mol. The lowest BCUT2D eigenvalue weighted by Gasteiger charge is -2.15. The van der Waals surface area contributed by atoms with Crippen LogP contribution in [-0.2, 0) is 0 Å². The molecule has 0 aliphatic heterocycles. The van der Waals surface area contributed by atoms with Gasteiger partial charge in [-0.3, -0.25) is 9.78 Å². The van der Waals surface area contributed by atoms with Crippen LogP contribution in [0.25, 0.3) is 11.1 Å². The fourth-order valence-corrected chi connectivity index (χ4v) is 3.05. The Balaban J connectivity index is 1.42. The van der Waals surface area contributed by atoms with E-state index < -0.39 is 11.7 Å². The van der Waals surface area contributed by atoms with Crippen molar-refractivity contribution in [3.8, 4) is 22.6 Å². The van der Waals surface area contributed by atoms with Gasteiger partial charge in [0.25, 0.3) is 5.91 Å². The predicted octanol–water partition coefficient (Wildman–Crippen LogP) is 4.96. The fourth-order valence-electron chi connectivity index (χ4n) is 3.05. The number of nitrogens with zero attached hydrogens (tertiary/aromatic N) is 3. The van der Waals surface area contributed by atoms with Gasteiger partial charge in [0.2, 0.25) is 0 Å². The van der Waals surface area contributed by atoms with Gasteiger partial charge in [0, 0.05) is 24.2 Å². The summed E-state index contributed by atoms with van der Waals surface area (Å²) in [6.45, 7) is 1.84. The molecule has 0 radical (unpaired) electrons. The Hall–Kier alpha value is -4.13. The minimum Gasteiger partial charge on any atom is -0.456 e. The molecule has 0 spiro atoms. The number of nitrogens with one attached hydrogen (secondary N) is 1. The van der Waals surface area contributed by atoms with Crippen molar-refractivity contribution in [1.82, 2.24) is 20.3 Å². The standard InChI is InChI=1S/C24H19FN4O2/c1-16(17-4-7-20(8-5-17)31-21-3-2-10-26-14-21)29-24(30)22-9-6-18(11-23(22)25)19-12-27-15-28-13-19/h2-16H,1H3,(H,29,30). The van der Waals surface area contributed by atoms with Crippen molar-refractivity contribution in [1.29, 1.82) is 0 Å². The van der Waals surface area contributed by atoms with E-state index >= 15 is 0 Å². The quantitative estimate of drug-likeness (QED) is 0.482. The number of halogens is 1. The van der Waals surface area contributed by atoms with E-state index in [1.165, 1.54) is 18.5 Å². The van der Waals surface area contributed by atoms with E-state index in [-0.39, 0.29) is 11.6 Å². The lowest BCUT2D eigenvalue weighted by atomic mass is 10.0. The zero-order valence-corrected chi connectivity index (χ0v) is 16.7. The van der Waals surface area contributed by atoms with E-state index in [0.717, 1.165) is 5.56 Å². The van der Waals surface area contributed by atoms with Gasteiger partial charge in [-0.1, -0.05) is 18.2 Å². The van der Waals surface area contributed by atoms with E-state index in [1.54, 1.807) is 36.9 Å². The molecule has 1 atom stereocenters. The fraction of sp³-hybridized carbons (Fsp3) is 0.0833. The van der Waals surface area contributed by atoms with Crippen LogP contribution in [0.3, 0.4) is 0 Å². The number of pyridine rings is 1. The molecule has 0 bridgehead atoms. The summed E-state index contributed by atoms with van der Waals surface area (Å²) in [5.74, 6) is 0.196. The molecule has 0 saturated carbocycles. The van der Waals surface area contributed by atoms with Gasteiger partial charge in [0.15, 0.2) is 0 Å². The normalized spacial score (nSPS) is 11.5. The lowest BCUT2D eigenvalue weighted by Crippen LogP contribution is -2.27. The molecule has 154 valence electrons. The van der Waals surface area contributed by atoms with E-state index in [4.69, 9.17) is 4.74 Å². The summed E-state index contributed by atoms with van der Waals surface area (Å²) in [5.41, 5.74) is 2.12. The summed E-state index contributed by atoms with van der Waals surface area (Å²) in [6, 6.07) is 15.1. The average molecular weight is 414 g/mol. The minimum atomic E-state index is -0.605. The number of rotatable bonds is 6. The Morgan fingerprint density at radius 3 is 2.39 bits per heavy atom. The molecule has 1 amide bonds. The van der Waals surface area contributed by atoms with Crippen molar-refractivity contribution in [2.75, 3.05) is 0 Å².